The molecule has 0 amide bonds. The summed E-state index contributed by atoms with van der Waals surface area (Å²) in [6, 6.07) is 4.80. The van der Waals surface area contributed by atoms with Crippen LogP contribution in [0.1, 0.15) is 31.2 Å². The zero-order valence-corrected chi connectivity index (χ0v) is 12.7. The molecule has 0 aromatic heterocycles. The summed E-state index contributed by atoms with van der Waals surface area (Å²) < 4.78 is 14.6. The Morgan fingerprint density at radius 1 is 1.18 bits per heavy atom. The molecule has 0 aliphatic rings. The Kier molecular flexibility index (Phi) is 8.14. The first-order chi connectivity index (χ1) is 8.25. The Morgan fingerprint density at radius 2 is 1.94 bits per heavy atom. The highest BCUT2D eigenvalue weighted by atomic mass is 127. The van der Waals surface area contributed by atoms with Crippen molar-refractivity contribution >= 4 is 34.2 Å². The fourth-order valence-electron chi connectivity index (χ4n) is 1.61. The number of benzene rings is 1. The molecule has 0 unspecified atom stereocenters. The summed E-state index contributed by atoms with van der Waals surface area (Å²) in [7, 11) is 0. The first kappa shape index (κ1) is 15.2. The van der Waals surface area contributed by atoms with Crippen molar-refractivity contribution in [2.45, 2.75) is 32.2 Å². The number of hydrogen-bond acceptors (Lipinski definition) is 1. The Balaban J connectivity index is 2.18. The van der Waals surface area contributed by atoms with Gasteiger partial charge in [0.25, 0.3) is 0 Å². The second-order valence-electron chi connectivity index (χ2n) is 3.98. The van der Waals surface area contributed by atoms with E-state index < -0.39 is 0 Å². The molecular weight excluding hydrogens is 352 g/mol. The van der Waals surface area contributed by atoms with E-state index in [1.54, 1.807) is 12.1 Å². The van der Waals surface area contributed by atoms with Gasteiger partial charge in [0.2, 0.25) is 0 Å². The van der Waals surface area contributed by atoms with Gasteiger partial charge in [0.05, 0.1) is 0 Å². The van der Waals surface area contributed by atoms with Gasteiger partial charge in [0, 0.05) is 17.1 Å². The largest absolute Gasteiger partial charge is 0.313 e. The molecule has 0 bridgehead atoms. The maximum Gasteiger partial charge on any atom is 0.129 e. The van der Waals surface area contributed by atoms with Crippen LogP contribution < -0.4 is 5.32 Å². The molecule has 96 valence electrons. The van der Waals surface area contributed by atoms with Gasteiger partial charge in [-0.1, -0.05) is 53.1 Å². The second-order valence-corrected chi connectivity index (χ2v) is 5.47. The highest BCUT2D eigenvalue weighted by Gasteiger charge is 2.05. The summed E-state index contributed by atoms with van der Waals surface area (Å²) in [5.74, 6) is -0.227. The lowest BCUT2D eigenvalue weighted by molar-refractivity contribution is 0.568. The van der Waals surface area contributed by atoms with E-state index in [1.165, 1.54) is 29.8 Å². The summed E-state index contributed by atoms with van der Waals surface area (Å²) in [6.45, 7) is 1.43. The molecule has 1 N–H and O–H groups in total. The highest BCUT2D eigenvalue weighted by Crippen LogP contribution is 2.18. The van der Waals surface area contributed by atoms with Gasteiger partial charge in [-0.2, -0.15) is 0 Å². The van der Waals surface area contributed by atoms with Crippen LogP contribution in [0.5, 0.6) is 0 Å². The molecule has 0 aliphatic heterocycles. The van der Waals surface area contributed by atoms with E-state index in [1.807, 2.05) is 0 Å². The van der Waals surface area contributed by atoms with Crippen LogP contribution in [0.25, 0.3) is 0 Å². The lowest BCUT2D eigenvalue weighted by atomic mass is 10.2. The van der Waals surface area contributed by atoms with Crippen LogP contribution in [0, 0.1) is 5.82 Å². The van der Waals surface area contributed by atoms with E-state index in [0.717, 1.165) is 13.0 Å². The molecule has 0 radical (unpaired) electrons. The van der Waals surface area contributed by atoms with Crippen LogP contribution in [0.2, 0.25) is 5.02 Å². The van der Waals surface area contributed by atoms with Gasteiger partial charge in [-0.25, -0.2) is 4.39 Å². The van der Waals surface area contributed by atoms with Crippen molar-refractivity contribution in [3.8, 4) is 0 Å². The summed E-state index contributed by atoms with van der Waals surface area (Å²) in [6.07, 6.45) is 4.95. The molecule has 0 atom stereocenters. The quantitative estimate of drug-likeness (QED) is 0.402. The second kappa shape index (κ2) is 9.11. The van der Waals surface area contributed by atoms with Crippen molar-refractivity contribution in [2.24, 2.45) is 0 Å². The van der Waals surface area contributed by atoms with Gasteiger partial charge >= 0.3 is 0 Å². The molecule has 17 heavy (non-hydrogen) atoms. The molecule has 0 fully saturated rings. The Bertz CT molecular complexity index is 313. The van der Waals surface area contributed by atoms with Crippen molar-refractivity contribution < 1.29 is 4.39 Å². The maximum absolute atomic E-state index is 13.4. The van der Waals surface area contributed by atoms with Gasteiger partial charge in [0.15, 0.2) is 0 Å². The van der Waals surface area contributed by atoms with Gasteiger partial charge in [0.1, 0.15) is 5.82 Å². The number of alkyl halides is 1. The number of hydrogen-bond donors (Lipinski definition) is 1. The topological polar surface area (TPSA) is 12.0 Å². The number of halogens is 3. The van der Waals surface area contributed by atoms with Crippen molar-refractivity contribution in [3.05, 3.63) is 34.6 Å². The molecule has 0 aliphatic carbocycles. The minimum atomic E-state index is -0.227. The van der Waals surface area contributed by atoms with Crippen molar-refractivity contribution in [2.75, 3.05) is 11.0 Å². The van der Waals surface area contributed by atoms with E-state index in [4.69, 9.17) is 11.6 Å². The fraction of sp³-hybridized carbons (Fsp3) is 0.538. The van der Waals surface area contributed by atoms with E-state index in [9.17, 15) is 4.39 Å². The first-order valence-corrected chi connectivity index (χ1v) is 7.85. The Labute approximate surface area is 121 Å². The molecule has 0 saturated heterocycles. The number of unbranched alkanes of at least 4 members (excludes halogenated alkanes) is 3. The van der Waals surface area contributed by atoms with Gasteiger partial charge in [-0.05, 0) is 35.9 Å². The van der Waals surface area contributed by atoms with Gasteiger partial charge < -0.3 is 5.32 Å². The van der Waals surface area contributed by atoms with E-state index >= 15 is 0 Å². The summed E-state index contributed by atoms with van der Waals surface area (Å²) in [5, 5.41) is 3.74. The predicted molar refractivity (Wildman–Crippen MR) is 80.5 cm³/mol. The predicted octanol–water partition coefficient (Wildman–Crippen LogP) is 4.56. The van der Waals surface area contributed by atoms with Crippen LogP contribution in [-0.2, 0) is 6.54 Å². The monoisotopic (exact) mass is 369 g/mol. The molecule has 1 aromatic carbocycles. The molecule has 1 rings (SSSR count). The van der Waals surface area contributed by atoms with Crippen LogP contribution in [0.3, 0.4) is 0 Å². The normalized spacial score (nSPS) is 10.8. The fourth-order valence-corrected chi connectivity index (χ4v) is 2.38. The number of nitrogens with one attached hydrogen (secondary N) is 1. The lowest BCUT2D eigenvalue weighted by Gasteiger charge is -2.07. The standard InChI is InChI=1S/C13H18ClFIN/c14-12-6-5-7-13(15)11(12)10-17-9-4-2-1-3-8-16/h5-7,17H,1-4,8-10H2. The molecule has 1 nitrogen and oxygen atoms in total. The maximum atomic E-state index is 13.4. The van der Waals surface area contributed by atoms with Crippen LogP contribution >= 0.6 is 34.2 Å². The third-order valence-corrected chi connectivity index (χ3v) is 3.72. The molecule has 0 heterocycles. The Hall–Kier alpha value is 0.130. The third-order valence-electron chi connectivity index (χ3n) is 2.60. The van der Waals surface area contributed by atoms with Gasteiger partial charge in [-0.15, -0.1) is 0 Å². The van der Waals surface area contributed by atoms with Crippen molar-refractivity contribution in [1.82, 2.24) is 5.32 Å². The molecule has 4 heteroatoms. The van der Waals surface area contributed by atoms with E-state index in [0.29, 0.717) is 17.1 Å². The smallest absolute Gasteiger partial charge is 0.129 e. The molecule has 1 aromatic rings. The number of rotatable bonds is 8. The Morgan fingerprint density at radius 3 is 2.65 bits per heavy atom. The zero-order valence-electron chi connectivity index (χ0n) is 9.82. The van der Waals surface area contributed by atoms with Gasteiger partial charge in [-0.3, -0.25) is 0 Å². The van der Waals surface area contributed by atoms with Crippen LogP contribution in [0.15, 0.2) is 18.2 Å². The lowest BCUT2D eigenvalue weighted by Crippen LogP contribution is -2.16. The van der Waals surface area contributed by atoms with Crippen molar-refractivity contribution in [1.29, 1.82) is 0 Å². The average Bonchev–Trinajstić information content (AvgIpc) is 2.31. The van der Waals surface area contributed by atoms with Crippen LogP contribution in [-0.4, -0.2) is 11.0 Å². The molecular formula is C13H18ClFIN. The van der Waals surface area contributed by atoms with Crippen molar-refractivity contribution in [3.63, 3.8) is 0 Å². The summed E-state index contributed by atoms with van der Waals surface area (Å²) in [5.41, 5.74) is 0.571. The first-order valence-electron chi connectivity index (χ1n) is 5.95. The van der Waals surface area contributed by atoms with Crippen LogP contribution in [0.4, 0.5) is 4.39 Å². The van der Waals surface area contributed by atoms with E-state index in [-0.39, 0.29) is 5.82 Å². The zero-order chi connectivity index (χ0) is 12.5. The molecule has 0 saturated carbocycles. The summed E-state index contributed by atoms with van der Waals surface area (Å²) >= 11 is 8.33. The third kappa shape index (κ3) is 6.02. The highest BCUT2D eigenvalue weighted by molar-refractivity contribution is 14.1. The minimum absolute atomic E-state index is 0.227. The molecule has 0 spiro atoms. The average molecular weight is 370 g/mol. The summed E-state index contributed by atoms with van der Waals surface area (Å²) in [4.78, 5) is 0. The SMILES string of the molecule is Fc1cccc(Cl)c1CNCCCCCCI. The minimum Gasteiger partial charge on any atom is -0.313 e. The van der Waals surface area contributed by atoms with E-state index in [2.05, 4.69) is 27.9 Å².